The van der Waals surface area contributed by atoms with Gasteiger partial charge in [0.25, 0.3) is 0 Å². The highest BCUT2D eigenvalue weighted by atomic mass is 79.9. The SMILES string of the molecule is CCOc1cc(/C=C2\N=C(c3ccccc3C)OC2=O)cc(Br)c1OCc1ccccc1C. The predicted molar refractivity (Wildman–Crippen MR) is 133 cm³/mol. The maximum absolute atomic E-state index is 12.5. The molecule has 0 unspecified atom stereocenters. The van der Waals surface area contributed by atoms with Gasteiger partial charge in [0.1, 0.15) is 6.61 Å². The molecule has 4 rings (SSSR count). The van der Waals surface area contributed by atoms with E-state index in [2.05, 4.69) is 33.9 Å². The van der Waals surface area contributed by atoms with E-state index in [4.69, 9.17) is 14.2 Å². The van der Waals surface area contributed by atoms with Crippen molar-refractivity contribution in [2.24, 2.45) is 4.99 Å². The molecule has 3 aromatic carbocycles. The Kier molecular flexibility index (Phi) is 6.94. The molecule has 33 heavy (non-hydrogen) atoms. The summed E-state index contributed by atoms with van der Waals surface area (Å²) >= 11 is 3.60. The molecule has 0 amide bonds. The molecule has 5 nitrogen and oxygen atoms in total. The molecular weight excluding hydrogens is 482 g/mol. The van der Waals surface area contributed by atoms with Gasteiger partial charge in [-0.1, -0.05) is 42.5 Å². The Hall–Kier alpha value is -3.38. The standard InChI is InChI=1S/C27H24BrNO4/c1-4-31-24-15-19(13-22(28)25(24)32-16-20-11-7-5-9-17(20)2)14-23-27(30)33-26(29-23)21-12-8-6-10-18(21)3/h5-15H,4,16H2,1-3H3/b23-14-. The van der Waals surface area contributed by atoms with Crippen molar-refractivity contribution in [3.8, 4) is 11.5 Å². The molecular formula is C27H24BrNO4. The molecule has 0 spiro atoms. The minimum absolute atomic E-state index is 0.233. The summed E-state index contributed by atoms with van der Waals surface area (Å²) in [5.41, 5.74) is 5.03. The van der Waals surface area contributed by atoms with Crippen LogP contribution < -0.4 is 9.47 Å². The van der Waals surface area contributed by atoms with Crippen LogP contribution >= 0.6 is 15.9 Å². The highest BCUT2D eigenvalue weighted by molar-refractivity contribution is 9.10. The van der Waals surface area contributed by atoms with Crippen molar-refractivity contribution in [3.63, 3.8) is 0 Å². The van der Waals surface area contributed by atoms with Crippen molar-refractivity contribution < 1.29 is 19.0 Å². The van der Waals surface area contributed by atoms with Crippen LogP contribution in [0.2, 0.25) is 0 Å². The Balaban J connectivity index is 1.63. The van der Waals surface area contributed by atoms with Crippen molar-refractivity contribution >= 4 is 33.9 Å². The second kappa shape index (κ2) is 10.0. The minimum Gasteiger partial charge on any atom is -0.490 e. The first-order valence-electron chi connectivity index (χ1n) is 10.7. The lowest BCUT2D eigenvalue weighted by molar-refractivity contribution is -0.129. The molecule has 0 N–H and O–H groups in total. The molecule has 0 aliphatic carbocycles. The summed E-state index contributed by atoms with van der Waals surface area (Å²) in [7, 11) is 0. The van der Waals surface area contributed by atoms with E-state index in [1.54, 1.807) is 6.08 Å². The Morgan fingerprint density at radius 2 is 1.73 bits per heavy atom. The monoisotopic (exact) mass is 505 g/mol. The molecule has 0 saturated heterocycles. The summed E-state index contributed by atoms with van der Waals surface area (Å²) in [6.07, 6.45) is 1.69. The maximum atomic E-state index is 12.5. The van der Waals surface area contributed by atoms with Crippen LogP contribution in [0.4, 0.5) is 0 Å². The van der Waals surface area contributed by atoms with Crippen LogP contribution in [0, 0.1) is 13.8 Å². The summed E-state index contributed by atoms with van der Waals surface area (Å²) in [5, 5.41) is 0. The number of halogens is 1. The van der Waals surface area contributed by atoms with E-state index in [1.807, 2.05) is 68.4 Å². The third-order valence-electron chi connectivity index (χ3n) is 5.26. The molecule has 0 fully saturated rings. The van der Waals surface area contributed by atoms with Crippen LogP contribution in [0.1, 0.15) is 34.7 Å². The molecule has 6 heteroatoms. The average molecular weight is 506 g/mol. The van der Waals surface area contributed by atoms with E-state index in [0.29, 0.717) is 30.6 Å². The van der Waals surface area contributed by atoms with Crippen molar-refractivity contribution in [2.75, 3.05) is 6.61 Å². The number of ether oxygens (including phenoxy) is 3. The van der Waals surface area contributed by atoms with Crippen LogP contribution in [0.5, 0.6) is 11.5 Å². The van der Waals surface area contributed by atoms with Crippen LogP contribution in [-0.2, 0) is 16.1 Å². The van der Waals surface area contributed by atoms with Gasteiger partial charge in [0.05, 0.1) is 11.1 Å². The lowest BCUT2D eigenvalue weighted by Gasteiger charge is -2.15. The summed E-state index contributed by atoms with van der Waals surface area (Å²) in [6.45, 7) is 6.82. The van der Waals surface area contributed by atoms with Gasteiger partial charge in [0.15, 0.2) is 17.2 Å². The fraction of sp³-hybridized carbons (Fsp3) is 0.185. The second-order valence-electron chi connectivity index (χ2n) is 7.63. The van der Waals surface area contributed by atoms with Gasteiger partial charge in [-0.25, -0.2) is 9.79 Å². The van der Waals surface area contributed by atoms with Gasteiger partial charge < -0.3 is 14.2 Å². The number of nitrogens with zero attached hydrogens (tertiary/aromatic N) is 1. The normalized spacial score (nSPS) is 14.2. The molecule has 168 valence electrons. The zero-order valence-electron chi connectivity index (χ0n) is 18.7. The highest BCUT2D eigenvalue weighted by Crippen LogP contribution is 2.38. The van der Waals surface area contributed by atoms with E-state index < -0.39 is 5.97 Å². The summed E-state index contributed by atoms with van der Waals surface area (Å²) in [5.74, 6) is 1.02. The molecule has 0 bridgehead atoms. The quantitative estimate of drug-likeness (QED) is 0.275. The minimum atomic E-state index is -0.484. The number of carbonyl (C=O) groups is 1. The van der Waals surface area contributed by atoms with Crippen LogP contribution in [0.25, 0.3) is 6.08 Å². The fourth-order valence-electron chi connectivity index (χ4n) is 3.49. The van der Waals surface area contributed by atoms with Crippen LogP contribution in [-0.4, -0.2) is 18.5 Å². The van der Waals surface area contributed by atoms with Crippen molar-refractivity contribution in [3.05, 3.63) is 98.7 Å². The molecule has 1 heterocycles. The van der Waals surface area contributed by atoms with Gasteiger partial charge in [-0.05, 0) is 83.2 Å². The molecule has 0 aromatic heterocycles. The third-order valence-corrected chi connectivity index (χ3v) is 5.85. The van der Waals surface area contributed by atoms with Crippen molar-refractivity contribution in [1.29, 1.82) is 0 Å². The smallest absolute Gasteiger partial charge is 0.363 e. The Labute approximate surface area is 201 Å². The number of cyclic esters (lactones) is 1. The molecule has 1 aliphatic rings. The average Bonchev–Trinajstić information content (AvgIpc) is 3.14. The van der Waals surface area contributed by atoms with Crippen molar-refractivity contribution in [1.82, 2.24) is 0 Å². The molecule has 0 atom stereocenters. The zero-order valence-corrected chi connectivity index (χ0v) is 20.3. The summed E-state index contributed by atoms with van der Waals surface area (Å²) in [6, 6.07) is 19.5. The maximum Gasteiger partial charge on any atom is 0.363 e. The number of aliphatic imine (C=N–C) groups is 1. The number of hydrogen-bond donors (Lipinski definition) is 0. The van der Waals surface area contributed by atoms with E-state index in [9.17, 15) is 4.79 Å². The number of hydrogen-bond acceptors (Lipinski definition) is 5. The fourth-order valence-corrected chi connectivity index (χ4v) is 4.07. The van der Waals surface area contributed by atoms with Gasteiger partial charge in [-0.3, -0.25) is 0 Å². The zero-order chi connectivity index (χ0) is 23.4. The third kappa shape index (κ3) is 5.17. The lowest BCUT2D eigenvalue weighted by Crippen LogP contribution is -2.06. The molecule has 0 radical (unpaired) electrons. The Morgan fingerprint density at radius 3 is 2.45 bits per heavy atom. The second-order valence-corrected chi connectivity index (χ2v) is 8.48. The Bertz CT molecular complexity index is 1260. The molecule has 0 saturated carbocycles. The first-order valence-corrected chi connectivity index (χ1v) is 11.5. The largest absolute Gasteiger partial charge is 0.490 e. The predicted octanol–water partition coefficient (Wildman–Crippen LogP) is 6.39. The highest BCUT2D eigenvalue weighted by Gasteiger charge is 2.25. The van der Waals surface area contributed by atoms with E-state index >= 15 is 0 Å². The van der Waals surface area contributed by atoms with Crippen molar-refractivity contribution in [2.45, 2.75) is 27.4 Å². The first-order chi connectivity index (χ1) is 16.0. The first kappa shape index (κ1) is 22.8. The van der Waals surface area contributed by atoms with Gasteiger partial charge in [0, 0.05) is 5.56 Å². The summed E-state index contributed by atoms with van der Waals surface area (Å²) in [4.78, 5) is 16.9. The topological polar surface area (TPSA) is 57.1 Å². The van der Waals surface area contributed by atoms with Crippen LogP contribution in [0.15, 0.2) is 75.8 Å². The van der Waals surface area contributed by atoms with Gasteiger partial charge in [-0.15, -0.1) is 0 Å². The Morgan fingerprint density at radius 1 is 1.00 bits per heavy atom. The number of aryl methyl sites for hydroxylation is 2. The summed E-state index contributed by atoms with van der Waals surface area (Å²) < 4.78 is 18.1. The molecule has 3 aromatic rings. The van der Waals surface area contributed by atoms with E-state index in [0.717, 1.165) is 32.3 Å². The van der Waals surface area contributed by atoms with Gasteiger partial charge >= 0.3 is 5.97 Å². The lowest BCUT2D eigenvalue weighted by atomic mass is 10.1. The van der Waals surface area contributed by atoms with Crippen LogP contribution in [0.3, 0.4) is 0 Å². The number of esters is 1. The number of benzene rings is 3. The van der Waals surface area contributed by atoms with E-state index in [-0.39, 0.29) is 5.70 Å². The van der Waals surface area contributed by atoms with Gasteiger partial charge in [0.2, 0.25) is 5.90 Å². The number of rotatable bonds is 7. The number of carbonyl (C=O) groups excluding carboxylic acids is 1. The van der Waals surface area contributed by atoms with E-state index in [1.165, 1.54) is 0 Å². The molecule has 1 aliphatic heterocycles. The van der Waals surface area contributed by atoms with Gasteiger partial charge in [-0.2, -0.15) is 0 Å².